The second-order valence-electron chi connectivity index (χ2n) is 7.18. The lowest BCUT2D eigenvalue weighted by Gasteiger charge is -2.08. The summed E-state index contributed by atoms with van der Waals surface area (Å²) in [6.07, 6.45) is 0. The first-order valence-electron chi connectivity index (χ1n) is 9.86. The van der Waals surface area contributed by atoms with Crippen LogP contribution in [0.5, 0.6) is 5.75 Å². The van der Waals surface area contributed by atoms with Gasteiger partial charge in [-0.2, -0.15) is 0 Å². The maximum Gasteiger partial charge on any atom is 0.291 e. The number of hydrogen-bond donors (Lipinski definition) is 4. The zero-order chi connectivity index (χ0) is 22.9. The summed E-state index contributed by atoms with van der Waals surface area (Å²) in [5, 5.41) is 31.5. The van der Waals surface area contributed by atoms with Gasteiger partial charge in [-0.15, -0.1) is 5.23 Å². The van der Waals surface area contributed by atoms with E-state index < -0.39 is 5.91 Å². The monoisotopic (exact) mass is 443 g/mol. The molecule has 9 nitrogen and oxygen atoms in total. The minimum Gasteiger partial charge on any atom is -0.507 e. The van der Waals surface area contributed by atoms with E-state index in [2.05, 4.69) is 10.3 Å². The van der Waals surface area contributed by atoms with Crippen molar-refractivity contribution in [1.29, 1.82) is 0 Å². The number of phenolic OH excluding ortho intramolecular Hbond substituents is 1. The van der Waals surface area contributed by atoms with Crippen molar-refractivity contribution < 1.29 is 29.1 Å². The summed E-state index contributed by atoms with van der Waals surface area (Å²) >= 11 is 0. The Balaban J connectivity index is 1.34. The van der Waals surface area contributed by atoms with Crippen molar-refractivity contribution in [3.63, 3.8) is 0 Å². The Kier molecular flexibility index (Phi) is 5.02. The number of hydrogen-bond acceptors (Lipinski definition) is 8. The van der Waals surface area contributed by atoms with Crippen molar-refractivity contribution in [2.24, 2.45) is 0 Å². The molecule has 0 unspecified atom stereocenters. The highest BCUT2D eigenvalue weighted by molar-refractivity contribution is 6.02. The van der Waals surface area contributed by atoms with Crippen LogP contribution in [0.25, 0.3) is 33.9 Å². The summed E-state index contributed by atoms with van der Waals surface area (Å²) in [6, 6.07) is 21.3. The van der Waals surface area contributed by atoms with E-state index in [0.29, 0.717) is 33.7 Å². The molecule has 2 aromatic heterocycles. The maximum atomic E-state index is 12.6. The molecule has 0 spiro atoms. The third-order valence-electron chi connectivity index (χ3n) is 4.97. The van der Waals surface area contributed by atoms with E-state index in [0.717, 1.165) is 0 Å². The Morgan fingerprint density at radius 3 is 2.55 bits per heavy atom. The molecule has 0 aliphatic rings. The molecule has 3 aromatic carbocycles. The smallest absolute Gasteiger partial charge is 0.291 e. The van der Waals surface area contributed by atoms with Crippen LogP contribution in [0.2, 0.25) is 0 Å². The number of fused-ring (bicyclic) bond motifs is 1. The first kappa shape index (κ1) is 20.3. The van der Waals surface area contributed by atoms with E-state index in [1.807, 2.05) is 18.2 Å². The Morgan fingerprint density at radius 2 is 1.76 bits per heavy atom. The number of carbonyl (C=O) groups excluding carboxylic acids is 1. The molecule has 33 heavy (non-hydrogen) atoms. The highest BCUT2D eigenvalue weighted by Gasteiger charge is 2.16. The molecule has 164 valence electrons. The number of carbonyl (C=O) groups is 1. The molecular formula is C24H17N3O6. The van der Waals surface area contributed by atoms with Crippen LogP contribution in [0.15, 0.2) is 87.7 Å². The summed E-state index contributed by atoms with van der Waals surface area (Å²) in [5.41, 5.74) is 2.73. The van der Waals surface area contributed by atoms with Gasteiger partial charge in [0, 0.05) is 17.3 Å². The first-order valence-corrected chi connectivity index (χ1v) is 9.86. The molecule has 0 saturated carbocycles. The largest absolute Gasteiger partial charge is 0.507 e. The van der Waals surface area contributed by atoms with Gasteiger partial charge in [0.25, 0.3) is 5.91 Å². The lowest BCUT2D eigenvalue weighted by molar-refractivity contribution is 0.0292. The number of amides is 1. The van der Waals surface area contributed by atoms with Crippen molar-refractivity contribution >= 4 is 28.4 Å². The fraction of sp³-hybridized carbons (Fsp3) is 0. The maximum absolute atomic E-state index is 12.6. The number of para-hydroxylation sites is 2. The molecule has 2 heterocycles. The van der Waals surface area contributed by atoms with Gasteiger partial charge in [0.05, 0.1) is 11.3 Å². The van der Waals surface area contributed by atoms with Crippen molar-refractivity contribution in [2.75, 3.05) is 10.5 Å². The van der Waals surface area contributed by atoms with Crippen molar-refractivity contribution in [3.8, 4) is 28.5 Å². The Labute approximate surface area is 186 Å². The Morgan fingerprint density at radius 1 is 0.909 bits per heavy atom. The molecule has 0 saturated heterocycles. The van der Waals surface area contributed by atoms with Gasteiger partial charge in [-0.3, -0.25) is 15.2 Å². The zero-order valence-electron chi connectivity index (χ0n) is 17.0. The van der Waals surface area contributed by atoms with Crippen LogP contribution in [-0.4, -0.2) is 26.4 Å². The van der Waals surface area contributed by atoms with Gasteiger partial charge in [0.1, 0.15) is 17.0 Å². The molecule has 5 aromatic rings. The van der Waals surface area contributed by atoms with Gasteiger partial charge in [-0.05, 0) is 48.5 Å². The normalized spacial score (nSPS) is 11.0. The number of rotatable bonds is 5. The van der Waals surface area contributed by atoms with E-state index in [-0.39, 0.29) is 28.3 Å². The van der Waals surface area contributed by atoms with Gasteiger partial charge < -0.3 is 19.3 Å². The summed E-state index contributed by atoms with van der Waals surface area (Å²) in [6.45, 7) is 0. The van der Waals surface area contributed by atoms with Crippen LogP contribution in [0.3, 0.4) is 0 Å². The van der Waals surface area contributed by atoms with Crippen LogP contribution in [0, 0.1) is 0 Å². The van der Waals surface area contributed by atoms with Gasteiger partial charge in [0.2, 0.25) is 5.89 Å². The second kappa shape index (κ2) is 8.15. The van der Waals surface area contributed by atoms with Crippen LogP contribution in [0.1, 0.15) is 10.6 Å². The van der Waals surface area contributed by atoms with Crippen LogP contribution >= 0.6 is 0 Å². The number of anilines is 2. The van der Waals surface area contributed by atoms with E-state index in [4.69, 9.17) is 19.2 Å². The average molecular weight is 443 g/mol. The van der Waals surface area contributed by atoms with E-state index in [1.54, 1.807) is 36.4 Å². The third kappa shape index (κ3) is 4.01. The lowest BCUT2D eigenvalue weighted by Crippen LogP contribution is -2.11. The third-order valence-corrected chi connectivity index (χ3v) is 4.97. The Bertz CT molecular complexity index is 1440. The van der Waals surface area contributed by atoms with E-state index in [1.165, 1.54) is 24.3 Å². The van der Waals surface area contributed by atoms with Gasteiger partial charge in [-0.1, -0.05) is 24.3 Å². The molecule has 0 bridgehead atoms. The molecule has 9 heteroatoms. The van der Waals surface area contributed by atoms with Crippen LogP contribution < -0.4 is 10.5 Å². The standard InChI is InChI=1S/C24H17N3O6/c28-19-13-15(8-9-17(19)24-26-18-6-1-2-7-21(18)33-24)25-23(29)22-11-10-20(32-22)14-4-3-5-16(12-14)27(30)31/h1-13,28,30-31H,(H,25,29). The predicted octanol–water partition coefficient (Wildman–Crippen LogP) is 5.30. The van der Waals surface area contributed by atoms with Crippen molar-refractivity contribution in [1.82, 2.24) is 4.98 Å². The minimum absolute atomic E-state index is 0.00291. The van der Waals surface area contributed by atoms with Gasteiger partial charge in [-0.25, -0.2) is 4.98 Å². The SMILES string of the molecule is O=C(Nc1ccc(-c2nc3ccccc3o2)c(O)c1)c1ccc(-c2cccc(N(O)O)c2)o1. The molecule has 4 N–H and O–H groups in total. The van der Waals surface area contributed by atoms with Gasteiger partial charge in [0.15, 0.2) is 11.3 Å². The topological polar surface area (TPSA) is 132 Å². The number of phenols is 1. The predicted molar refractivity (Wildman–Crippen MR) is 119 cm³/mol. The number of aromatic nitrogens is 1. The van der Waals surface area contributed by atoms with Crippen LogP contribution in [0.4, 0.5) is 11.4 Å². The quantitative estimate of drug-likeness (QED) is 0.269. The van der Waals surface area contributed by atoms with E-state index >= 15 is 0 Å². The van der Waals surface area contributed by atoms with Crippen molar-refractivity contribution in [2.45, 2.75) is 0 Å². The number of furan rings is 1. The first-order chi connectivity index (χ1) is 16.0. The minimum atomic E-state index is -0.516. The Hall–Kier alpha value is -4.60. The zero-order valence-corrected chi connectivity index (χ0v) is 17.0. The van der Waals surface area contributed by atoms with Gasteiger partial charge >= 0.3 is 0 Å². The molecular weight excluding hydrogens is 426 g/mol. The molecule has 0 atom stereocenters. The molecule has 0 fully saturated rings. The molecule has 1 amide bonds. The molecule has 0 aliphatic carbocycles. The second-order valence-corrected chi connectivity index (χ2v) is 7.18. The van der Waals surface area contributed by atoms with Crippen LogP contribution in [-0.2, 0) is 0 Å². The summed E-state index contributed by atoms with van der Waals surface area (Å²) < 4.78 is 11.3. The summed E-state index contributed by atoms with van der Waals surface area (Å²) in [7, 11) is 0. The number of oxazole rings is 1. The summed E-state index contributed by atoms with van der Waals surface area (Å²) in [4.78, 5) is 17.0. The lowest BCUT2D eigenvalue weighted by atomic mass is 10.1. The molecule has 0 radical (unpaired) electrons. The average Bonchev–Trinajstić information content (AvgIpc) is 3.47. The highest BCUT2D eigenvalue weighted by Crippen LogP contribution is 2.33. The number of benzene rings is 3. The fourth-order valence-corrected chi connectivity index (χ4v) is 3.37. The number of nitrogens with zero attached hydrogens (tertiary/aromatic N) is 2. The van der Waals surface area contributed by atoms with Crippen molar-refractivity contribution in [3.05, 3.63) is 84.6 Å². The highest BCUT2D eigenvalue weighted by atomic mass is 16.8. The number of aromatic hydroxyl groups is 1. The molecule has 0 aliphatic heterocycles. The summed E-state index contributed by atoms with van der Waals surface area (Å²) in [5.74, 6) is 0.0702. The van der Waals surface area contributed by atoms with E-state index in [9.17, 15) is 9.90 Å². The molecule has 5 rings (SSSR count). The number of nitrogens with one attached hydrogen (secondary N) is 1. The fourth-order valence-electron chi connectivity index (χ4n) is 3.37.